The summed E-state index contributed by atoms with van der Waals surface area (Å²) in [7, 11) is 0. The molecule has 0 fully saturated rings. The number of nitrogens with two attached hydrogens (primary N) is 1. The molecule has 1 aromatic rings. The van der Waals surface area contributed by atoms with Crippen molar-refractivity contribution in [2.24, 2.45) is 5.73 Å². The first kappa shape index (κ1) is 12.7. The lowest BCUT2D eigenvalue weighted by Gasteiger charge is -2.14. The zero-order valence-electron chi connectivity index (χ0n) is 9.78. The van der Waals surface area contributed by atoms with Crippen molar-refractivity contribution in [3.8, 4) is 0 Å². The number of rotatable bonds is 7. The van der Waals surface area contributed by atoms with Gasteiger partial charge in [-0.05, 0) is 24.8 Å². The van der Waals surface area contributed by atoms with Crippen LogP contribution < -0.4 is 5.73 Å². The van der Waals surface area contributed by atoms with Crippen LogP contribution in [0.3, 0.4) is 0 Å². The third-order valence-electron chi connectivity index (χ3n) is 2.49. The molecular formula is C13H20N2O. The van der Waals surface area contributed by atoms with E-state index in [9.17, 15) is 0 Å². The van der Waals surface area contributed by atoms with E-state index >= 15 is 0 Å². The summed E-state index contributed by atoms with van der Waals surface area (Å²) in [6, 6.07) is 10.3. The van der Waals surface area contributed by atoms with E-state index in [1.807, 2.05) is 25.1 Å². The molecule has 1 rings (SSSR count). The van der Waals surface area contributed by atoms with Crippen LogP contribution in [0.5, 0.6) is 0 Å². The van der Waals surface area contributed by atoms with Gasteiger partial charge in [0.05, 0.1) is 0 Å². The maximum absolute atomic E-state index is 7.30. The highest BCUT2D eigenvalue weighted by Crippen LogP contribution is 2.04. The van der Waals surface area contributed by atoms with Crippen molar-refractivity contribution in [2.75, 3.05) is 6.61 Å². The molecule has 1 unspecified atom stereocenters. The SMILES string of the molecule is CCC(OCCCc1ccccc1)C(=N)N. The van der Waals surface area contributed by atoms with Crippen LogP contribution in [-0.2, 0) is 11.2 Å². The number of nitrogens with one attached hydrogen (secondary N) is 1. The first-order valence-corrected chi connectivity index (χ1v) is 5.73. The minimum absolute atomic E-state index is 0.127. The van der Waals surface area contributed by atoms with E-state index in [4.69, 9.17) is 15.9 Å². The summed E-state index contributed by atoms with van der Waals surface area (Å²) >= 11 is 0. The van der Waals surface area contributed by atoms with Gasteiger partial charge in [0.25, 0.3) is 0 Å². The molecule has 0 amide bonds. The molecule has 0 spiro atoms. The Balaban J connectivity index is 2.19. The summed E-state index contributed by atoms with van der Waals surface area (Å²) in [4.78, 5) is 0. The van der Waals surface area contributed by atoms with Crippen molar-refractivity contribution in [3.05, 3.63) is 35.9 Å². The standard InChI is InChI=1S/C13H20N2O/c1-2-12(13(14)15)16-10-6-9-11-7-4-3-5-8-11/h3-5,7-8,12H,2,6,9-10H2,1H3,(H3,14,15). The van der Waals surface area contributed by atoms with Gasteiger partial charge >= 0.3 is 0 Å². The average Bonchev–Trinajstić information content (AvgIpc) is 2.30. The van der Waals surface area contributed by atoms with Crippen molar-refractivity contribution >= 4 is 5.84 Å². The molecule has 0 aliphatic heterocycles. The Morgan fingerprint density at radius 1 is 1.38 bits per heavy atom. The number of ether oxygens (including phenoxy) is 1. The largest absolute Gasteiger partial charge is 0.385 e. The maximum Gasteiger partial charge on any atom is 0.120 e. The highest BCUT2D eigenvalue weighted by molar-refractivity contribution is 5.81. The molecule has 0 saturated carbocycles. The molecule has 1 atom stereocenters. The molecule has 3 nitrogen and oxygen atoms in total. The van der Waals surface area contributed by atoms with E-state index in [0.717, 1.165) is 19.3 Å². The monoisotopic (exact) mass is 220 g/mol. The molecule has 1 aromatic carbocycles. The number of aryl methyl sites for hydroxylation is 1. The highest BCUT2D eigenvalue weighted by Gasteiger charge is 2.08. The van der Waals surface area contributed by atoms with Crippen LogP contribution in [0.1, 0.15) is 25.3 Å². The van der Waals surface area contributed by atoms with Gasteiger partial charge < -0.3 is 10.5 Å². The smallest absolute Gasteiger partial charge is 0.120 e. The van der Waals surface area contributed by atoms with Crippen LogP contribution >= 0.6 is 0 Å². The third kappa shape index (κ3) is 4.45. The number of amidine groups is 1. The zero-order chi connectivity index (χ0) is 11.8. The Kier molecular flexibility index (Phi) is 5.57. The van der Waals surface area contributed by atoms with Crippen molar-refractivity contribution < 1.29 is 4.74 Å². The molecule has 88 valence electrons. The van der Waals surface area contributed by atoms with E-state index in [2.05, 4.69) is 12.1 Å². The van der Waals surface area contributed by atoms with Crippen LogP contribution in [0.25, 0.3) is 0 Å². The van der Waals surface area contributed by atoms with E-state index in [1.165, 1.54) is 5.56 Å². The van der Waals surface area contributed by atoms with Gasteiger partial charge in [-0.15, -0.1) is 0 Å². The summed E-state index contributed by atoms with van der Waals surface area (Å²) in [6.07, 6.45) is 2.53. The molecule has 0 aliphatic carbocycles. The van der Waals surface area contributed by atoms with E-state index < -0.39 is 0 Å². The Bertz CT molecular complexity index is 311. The Morgan fingerprint density at radius 3 is 2.62 bits per heavy atom. The highest BCUT2D eigenvalue weighted by atomic mass is 16.5. The van der Waals surface area contributed by atoms with Crippen LogP contribution in [0.15, 0.2) is 30.3 Å². The molecular weight excluding hydrogens is 200 g/mol. The first-order valence-electron chi connectivity index (χ1n) is 5.73. The predicted octanol–water partition coefficient (Wildman–Crippen LogP) is 2.35. The topological polar surface area (TPSA) is 59.1 Å². The molecule has 0 heterocycles. The average molecular weight is 220 g/mol. The fourth-order valence-electron chi connectivity index (χ4n) is 1.57. The molecule has 0 saturated heterocycles. The summed E-state index contributed by atoms with van der Waals surface area (Å²) in [6.45, 7) is 2.64. The molecule has 3 heteroatoms. The second-order valence-electron chi connectivity index (χ2n) is 3.81. The van der Waals surface area contributed by atoms with Crippen LogP contribution in [0, 0.1) is 5.41 Å². The fourth-order valence-corrected chi connectivity index (χ4v) is 1.57. The first-order chi connectivity index (χ1) is 7.74. The lowest BCUT2D eigenvalue weighted by Crippen LogP contribution is -2.30. The third-order valence-corrected chi connectivity index (χ3v) is 2.49. The van der Waals surface area contributed by atoms with Crippen LogP contribution in [0.2, 0.25) is 0 Å². The molecule has 0 aliphatic rings. The van der Waals surface area contributed by atoms with E-state index in [1.54, 1.807) is 0 Å². The fraction of sp³-hybridized carbons (Fsp3) is 0.462. The Hall–Kier alpha value is -1.35. The number of hydrogen-bond acceptors (Lipinski definition) is 2. The summed E-state index contributed by atoms with van der Waals surface area (Å²) in [5, 5.41) is 7.30. The molecule has 16 heavy (non-hydrogen) atoms. The van der Waals surface area contributed by atoms with E-state index in [0.29, 0.717) is 6.61 Å². The molecule has 3 N–H and O–H groups in total. The van der Waals surface area contributed by atoms with Crippen molar-refractivity contribution in [1.82, 2.24) is 0 Å². The van der Waals surface area contributed by atoms with E-state index in [-0.39, 0.29) is 11.9 Å². The second-order valence-corrected chi connectivity index (χ2v) is 3.81. The van der Waals surface area contributed by atoms with Gasteiger partial charge in [-0.3, -0.25) is 5.41 Å². The maximum atomic E-state index is 7.30. The quantitative estimate of drug-likeness (QED) is 0.421. The molecule has 0 bridgehead atoms. The van der Waals surface area contributed by atoms with Gasteiger partial charge in [0, 0.05) is 6.61 Å². The normalized spacial score (nSPS) is 12.3. The van der Waals surface area contributed by atoms with Gasteiger partial charge in [0.2, 0.25) is 0 Å². The van der Waals surface area contributed by atoms with Crippen LogP contribution in [0.4, 0.5) is 0 Å². The Morgan fingerprint density at radius 2 is 2.06 bits per heavy atom. The summed E-state index contributed by atoms with van der Waals surface area (Å²) in [5.41, 5.74) is 6.72. The van der Waals surface area contributed by atoms with Crippen molar-refractivity contribution in [1.29, 1.82) is 5.41 Å². The lowest BCUT2D eigenvalue weighted by molar-refractivity contribution is 0.0921. The van der Waals surface area contributed by atoms with Crippen molar-refractivity contribution in [2.45, 2.75) is 32.3 Å². The Labute approximate surface area is 97.1 Å². The van der Waals surface area contributed by atoms with Gasteiger partial charge in [-0.1, -0.05) is 37.3 Å². The minimum atomic E-state index is -0.212. The van der Waals surface area contributed by atoms with Crippen LogP contribution in [-0.4, -0.2) is 18.5 Å². The van der Waals surface area contributed by atoms with Gasteiger partial charge in [-0.2, -0.15) is 0 Å². The molecule has 0 radical (unpaired) electrons. The second kappa shape index (κ2) is 7.01. The van der Waals surface area contributed by atoms with Gasteiger partial charge in [-0.25, -0.2) is 0 Å². The number of hydrogen-bond donors (Lipinski definition) is 2. The van der Waals surface area contributed by atoms with Gasteiger partial charge in [0.15, 0.2) is 0 Å². The number of benzene rings is 1. The lowest BCUT2D eigenvalue weighted by atomic mass is 10.1. The van der Waals surface area contributed by atoms with Crippen molar-refractivity contribution in [3.63, 3.8) is 0 Å². The minimum Gasteiger partial charge on any atom is -0.385 e. The molecule has 0 aromatic heterocycles. The van der Waals surface area contributed by atoms with Gasteiger partial charge in [0.1, 0.15) is 11.9 Å². The summed E-state index contributed by atoms with van der Waals surface area (Å²) < 4.78 is 5.52. The zero-order valence-corrected chi connectivity index (χ0v) is 9.78. The predicted molar refractivity (Wildman–Crippen MR) is 66.7 cm³/mol. The summed E-state index contributed by atoms with van der Waals surface area (Å²) in [5.74, 6) is 0.127.